The van der Waals surface area contributed by atoms with Crippen LogP contribution in [0.1, 0.15) is 24.0 Å². The standard InChI is InChI=1S/C25H24N2O5/c26-15-21(13-20-6-7-22-23(14-20)32-17-31-22)25(29)30-16-24(28)27-10-8-19(9-11-27)12-18-4-2-1-3-5-18/h1-7,13-14,19H,8-12,16-17H2/b21-13+. The number of nitriles is 1. The summed E-state index contributed by atoms with van der Waals surface area (Å²) in [4.78, 5) is 26.5. The molecule has 0 spiro atoms. The average Bonchev–Trinajstić information content (AvgIpc) is 3.30. The van der Waals surface area contributed by atoms with E-state index in [1.54, 1.807) is 23.1 Å². The number of benzene rings is 2. The summed E-state index contributed by atoms with van der Waals surface area (Å²) in [5, 5.41) is 9.35. The maximum atomic E-state index is 12.5. The normalized spacial score (nSPS) is 15.8. The van der Waals surface area contributed by atoms with Crippen molar-refractivity contribution in [3.63, 3.8) is 0 Å². The molecule has 1 amide bonds. The minimum Gasteiger partial charge on any atom is -0.454 e. The van der Waals surface area contributed by atoms with Crippen molar-refractivity contribution in [2.75, 3.05) is 26.5 Å². The van der Waals surface area contributed by atoms with E-state index in [-0.39, 0.29) is 24.9 Å². The van der Waals surface area contributed by atoms with Crippen LogP contribution < -0.4 is 9.47 Å². The van der Waals surface area contributed by atoms with Gasteiger partial charge in [0.1, 0.15) is 11.6 Å². The fourth-order valence-corrected chi connectivity index (χ4v) is 3.94. The second-order valence-corrected chi connectivity index (χ2v) is 7.87. The lowest BCUT2D eigenvalue weighted by molar-refractivity contribution is -0.149. The fraction of sp³-hybridized carbons (Fsp3) is 0.320. The highest BCUT2D eigenvalue weighted by molar-refractivity contribution is 5.98. The minimum absolute atomic E-state index is 0.140. The van der Waals surface area contributed by atoms with E-state index < -0.39 is 5.97 Å². The lowest BCUT2D eigenvalue weighted by Gasteiger charge is -2.32. The summed E-state index contributed by atoms with van der Waals surface area (Å²) >= 11 is 0. The first-order valence-corrected chi connectivity index (χ1v) is 10.6. The Morgan fingerprint density at radius 2 is 1.84 bits per heavy atom. The smallest absolute Gasteiger partial charge is 0.349 e. The van der Waals surface area contributed by atoms with E-state index in [1.807, 2.05) is 24.3 Å². The number of carbonyl (C=O) groups is 2. The van der Waals surface area contributed by atoms with Gasteiger partial charge in [-0.3, -0.25) is 4.79 Å². The molecule has 0 aliphatic carbocycles. The number of likely N-dealkylation sites (tertiary alicyclic amines) is 1. The van der Waals surface area contributed by atoms with Gasteiger partial charge in [0.25, 0.3) is 5.91 Å². The number of ether oxygens (including phenoxy) is 3. The molecule has 1 fully saturated rings. The number of carbonyl (C=O) groups excluding carboxylic acids is 2. The van der Waals surface area contributed by atoms with Crippen LogP contribution in [0, 0.1) is 17.2 Å². The fourth-order valence-electron chi connectivity index (χ4n) is 3.94. The molecule has 164 valence electrons. The minimum atomic E-state index is -0.822. The molecule has 0 atom stereocenters. The Labute approximate surface area is 186 Å². The maximum Gasteiger partial charge on any atom is 0.349 e. The molecule has 2 aromatic rings. The van der Waals surface area contributed by atoms with Gasteiger partial charge >= 0.3 is 5.97 Å². The van der Waals surface area contributed by atoms with E-state index in [0.717, 1.165) is 19.3 Å². The van der Waals surface area contributed by atoms with Gasteiger partial charge in [0.2, 0.25) is 6.79 Å². The van der Waals surface area contributed by atoms with Crippen LogP contribution in [-0.4, -0.2) is 43.3 Å². The molecular formula is C25H24N2O5. The van der Waals surface area contributed by atoms with Gasteiger partial charge in [0.15, 0.2) is 18.1 Å². The molecule has 2 heterocycles. The van der Waals surface area contributed by atoms with Crippen LogP contribution in [0.5, 0.6) is 11.5 Å². The third kappa shape index (κ3) is 5.27. The molecule has 0 unspecified atom stereocenters. The predicted molar refractivity (Wildman–Crippen MR) is 117 cm³/mol. The van der Waals surface area contributed by atoms with Crippen molar-refractivity contribution in [3.05, 3.63) is 65.2 Å². The average molecular weight is 432 g/mol. The number of fused-ring (bicyclic) bond motifs is 1. The molecule has 7 heteroatoms. The lowest BCUT2D eigenvalue weighted by atomic mass is 9.90. The van der Waals surface area contributed by atoms with Gasteiger partial charge < -0.3 is 19.1 Å². The van der Waals surface area contributed by atoms with Gasteiger partial charge in [-0.15, -0.1) is 0 Å². The molecular weight excluding hydrogens is 408 g/mol. The highest BCUT2D eigenvalue weighted by Crippen LogP contribution is 2.33. The predicted octanol–water partition coefficient (Wildman–Crippen LogP) is 3.35. The zero-order valence-corrected chi connectivity index (χ0v) is 17.7. The second kappa shape index (κ2) is 10.0. The van der Waals surface area contributed by atoms with Crippen LogP contribution in [0.4, 0.5) is 0 Å². The number of piperidine rings is 1. The first-order valence-electron chi connectivity index (χ1n) is 10.6. The van der Waals surface area contributed by atoms with Crippen LogP contribution in [0.3, 0.4) is 0 Å². The Bertz CT molecular complexity index is 1050. The third-order valence-electron chi connectivity index (χ3n) is 5.71. The van der Waals surface area contributed by atoms with Crippen molar-refractivity contribution >= 4 is 18.0 Å². The van der Waals surface area contributed by atoms with Gasteiger partial charge in [-0.1, -0.05) is 36.4 Å². The van der Waals surface area contributed by atoms with E-state index in [4.69, 9.17) is 14.2 Å². The Morgan fingerprint density at radius 1 is 1.09 bits per heavy atom. The van der Waals surface area contributed by atoms with Gasteiger partial charge in [0, 0.05) is 13.1 Å². The molecule has 2 aromatic carbocycles. The van der Waals surface area contributed by atoms with Gasteiger partial charge in [-0.2, -0.15) is 5.26 Å². The number of rotatable bonds is 6. The summed E-state index contributed by atoms with van der Waals surface area (Å²) in [5.41, 5.74) is 1.73. The molecule has 4 rings (SSSR count). The number of nitrogens with zero attached hydrogens (tertiary/aromatic N) is 2. The Morgan fingerprint density at radius 3 is 2.59 bits per heavy atom. The van der Waals surface area contributed by atoms with Crippen molar-refractivity contribution in [2.24, 2.45) is 5.92 Å². The van der Waals surface area contributed by atoms with E-state index in [2.05, 4.69) is 12.1 Å². The zero-order valence-electron chi connectivity index (χ0n) is 17.7. The van der Waals surface area contributed by atoms with E-state index in [0.29, 0.717) is 36.1 Å². The topological polar surface area (TPSA) is 88.9 Å². The van der Waals surface area contributed by atoms with Crippen LogP contribution in [-0.2, 0) is 20.7 Å². The summed E-state index contributed by atoms with van der Waals surface area (Å²) in [7, 11) is 0. The second-order valence-electron chi connectivity index (χ2n) is 7.87. The van der Waals surface area contributed by atoms with Crippen LogP contribution >= 0.6 is 0 Å². The SMILES string of the molecule is N#C/C(=C\c1ccc2c(c1)OCO2)C(=O)OCC(=O)N1CCC(Cc2ccccc2)CC1. The summed E-state index contributed by atoms with van der Waals surface area (Å²) in [6.45, 7) is 1.06. The lowest BCUT2D eigenvalue weighted by Crippen LogP contribution is -2.41. The van der Waals surface area contributed by atoms with E-state index in [1.165, 1.54) is 11.6 Å². The third-order valence-corrected chi connectivity index (χ3v) is 5.71. The van der Waals surface area contributed by atoms with Crippen molar-refractivity contribution in [2.45, 2.75) is 19.3 Å². The molecule has 2 aliphatic heterocycles. The molecule has 0 aromatic heterocycles. The summed E-state index contributed by atoms with van der Waals surface area (Å²) in [6, 6.07) is 17.3. The van der Waals surface area contributed by atoms with Crippen molar-refractivity contribution in [1.29, 1.82) is 5.26 Å². The maximum absolute atomic E-state index is 12.5. The zero-order chi connectivity index (χ0) is 22.3. The summed E-state index contributed by atoms with van der Waals surface area (Å²) < 4.78 is 15.7. The molecule has 7 nitrogen and oxygen atoms in total. The highest BCUT2D eigenvalue weighted by atomic mass is 16.7. The van der Waals surface area contributed by atoms with Crippen LogP contribution in [0.15, 0.2) is 54.1 Å². The van der Waals surface area contributed by atoms with E-state index in [9.17, 15) is 14.9 Å². The monoisotopic (exact) mass is 432 g/mol. The van der Waals surface area contributed by atoms with Crippen LogP contribution in [0.25, 0.3) is 6.08 Å². The summed E-state index contributed by atoms with van der Waals surface area (Å²) in [6.07, 6.45) is 4.25. The van der Waals surface area contributed by atoms with Gasteiger partial charge in [0.05, 0.1) is 0 Å². The Hall–Kier alpha value is -3.79. The molecule has 0 N–H and O–H groups in total. The quantitative estimate of drug-likeness (QED) is 0.395. The molecule has 32 heavy (non-hydrogen) atoms. The van der Waals surface area contributed by atoms with Crippen molar-refractivity contribution in [1.82, 2.24) is 4.90 Å². The number of esters is 1. The molecule has 0 radical (unpaired) electrons. The largest absolute Gasteiger partial charge is 0.454 e. The number of hydrogen-bond donors (Lipinski definition) is 0. The highest BCUT2D eigenvalue weighted by Gasteiger charge is 2.24. The van der Waals surface area contributed by atoms with Crippen molar-refractivity contribution < 1.29 is 23.8 Å². The first kappa shape index (κ1) is 21.4. The van der Waals surface area contributed by atoms with E-state index >= 15 is 0 Å². The van der Waals surface area contributed by atoms with Gasteiger partial charge in [-0.05, 0) is 54.5 Å². The Balaban J connectivity index is 1.26. The molecule has 1 saturated heterocycles. The molecule has 0 bridgehead atoms. The van der Waals surface area contributed by atoms with Crippen LogP contribution in [0.2, 0.25) is 0 Å². The summed E-state index contributed by atoms with van der Waals surface area (Å²) in [5.74, 6) is 0.643. The van der Waals surface area contributed by atoms with Gasteiger partial charge in [-0.25, -0.2) is 4.79 Å². The molecule has 2 aliphatic rings. The first-order chi connectivity index (χ1) is 15.6. The Kier molecular flexibility index (Phi) is 6.71. The number of amides is 1. The number of hydrogen-bond acceptors (Lipinski definition) is 6. The molecule has 0 saturated carbocycles. The van der Waals surface area contributed by atoms with Crippen molar-refractivity contribution in [3.8, 4) is 17.6 Å².